The van der Waals surface area contributed by atoms with E-state index in [1.807, 2.05) is 65.6 Å². The molecule has 0 spiro atoms. The van der Waals surface area contributed by atoms with E-state index >= 15 is 0 Å². The number of fused-ring (bicyclic) bond motifs is 2. The van der Waals surface area contributed by atoms with Crippen molar-refractivity contribution in [1.29, 1.82) is 0 Å². The summed E-state index contributed by atoms with van der Waals surface area (Å²) in [5.41, 5.74) is 7.23. The van der Waals surface area contributed by atoms with Crippen LogP contribution in [0.5, 0.6) is 11.5 Å². The van der Waals surface area contributed by atoms with Crippen molar-refractivity contribution in [1.82, 2.24) is 30.0 Å². The molecule has 3 fully saturated rings. The number of rotatable bonds is 26. The molecular weight excluding hydrogens is 1070 g/mol. The number of aliphatic hydroxyl groups excluding tert-OH is 1. The van der Waals surface area contributed by atoms with Crippen LogP contribution in [0.4, 0.5) is 0 Å². The Morgan fingerprint density at radius 2 is 0.965 bits per heavy atom. The Morgan fingerprint density at radius 3 is 1.45 bits per heavy atom. The lowest BCUT2D eigenvalue weighted by atomic mass is 9.92. The predicted octanol–water partition coefficient (Wildman–Crippen LogP) is 13.3. The zero-order chi connectivity index (χ0) is 59.2. The lowest BCUT2D eigenvalue weighted by Crippen LogP contribution is -2.45. The minimum absolute atomic E-state index is 0.0144. The number of nitrogens with one attached hydrogen (secondary N) is 1. The van der Waals surface area contributed by atoms with Crippen LogP contribution in [-0.4, -0.2) is 120 Å². The quantitative estimate of drug-likeness (QED) is 0.0505. The summed E-state index contributed by atoms with van der Waals surface area (Å²) in [5.74, 6) is 2.40. The second-order valence-corrected chi connectivity index (χ2v) is 23.3. The number of aliphatic hydroxyl groups is 1. The number of nitrogens with zero attached hydrogens (tertiary/aromatic N) is 5. The van der Waals surface area contributed by atoms with Gasteiger partial charge in [0.1, 0.15) is 36.9 Å². The summed E-state index contributed by atoms with van der Waals surface area (Å²) in [5, 5.41) is 16.3. The van der Waals surface area contributed by atoms with Crippen molar-refractivity contribution in [2.45, 2.75) is 115 Å². The highest BCUT2D eigenvalue weighted by Gasteiger charge is 2.29. The smallest absolute Gasteiger partial charge is 0.226 e. The van der Waals surface area contributed by atoms with Gasteiger partial charge in [0.05, 0.1) is 31.0 Å². The average Bonchev–Trinajstić information content (AvgIpc) is 4.53. The molecule has 0 bridgehead atoms. The van der Waals surface area contributed by atoms with Gasteiger partial charge in [-0.25, -0.2) is 0 Å². The third-order valence-electron chi connectivity index (χ3n) is 16.6. The highest BCUT2D eigenvalue weighted by molar-refractivity contribution is 5.85. The molecule has 2 amide bonds. The number of amides is 2. The molecule has 8 aromatic rings. The molecule has 86 heavy (non-hydrogen) atoms. The normalized spacial score (nSPS) is 15.6. The third-order valence-corrected chi connectivity index (χ3v) is 16.6. The number of benzene rings is 6. The average molecular weight is 1160 g/mol. The van der Waals surface area contributed by atoms with Crippen LogP contribution in [0, 0.1) is 11.8 Å². The van der Waals surface area contributed by atoms with Gasteiger partial charge in [0.25, 0.3) is 0 Å². The van der Waals surface area contributed by atoms with Crippen molar-refractivity contribution >= 4 is 33.6 Å². The molecule has 2 aromatic heterocycles. The summed E-state index contributed by atoms with van der Waals surface area (Å²) >= 11 is 0. The van der Waals surface area contributed by atoms with Crippen LogP contribution < -0.4 is 14.8 Å². The van der Waals surface area contributed by atoms with Crippen molar-refractivity contribution in [3.05, 3.63) is 217 Å². The van der Waals surface area contributed by atoms with Gasteiger partial charge in [-0.15, -0.1) is 0 Å². The Hall–Kier alpha value is -7.48. The van der Waals surface area contributed by atoms with Gasteiger partial charge in [-0.1, -0.05) is 133 Å². The first-order valence-electron chi connectivity index (χ1n) is 31.8. The van der Waals surface area contributed by atoms with Gasteiger partial charge in [-0.05, 0) is 187 Å². The van der Waals surface area contributed by atoms with Crippen molar-refractivity contribution in [2.24, 2.45) is 11.8 Å². The van der Waals surface area contributed by atoms with Gasteiger partial charge in [-0.2, -0.15) is 0 Å². The monoisotopic (exact) mass is 1160 g/mol. The maximum absolute atomic E-state index is 14.0. The van der Waals surface area contributed by atoms with Crippen LogP contribution in [0.1, 0.15) is 99.3 Å². The second kappa shape index (κ2) is 35.2. The molecule has 12 nitrogen and oxygen atoms in total. The van der Waals surface area contributed by atoms with Gasteiger partial charge in [0.15, 0.2) is 0 Å². The highest BCUT2D eigenvalue weighted by atomic mass is 16.6. The molecule has 3 aliphatic rings. The first-order valence-corrected chi connectivity index (χ1v) is 31.8. The maximum atomic E-state index is 14.0. The summed E-state index contributed by atoms with van der Waals surface area (Å²) < 4.78 is 16.8. The molecule has 3 aliphatic heterocycles. The first kappa shape index (κ1) is 63.0. The maximum Gasteiger partial charge on any atom is 0.226 e. The number of hydrogen-bond donors (Lipinski definition) is 2. The fourth-order valence-electron chi connectivity index (χ4n) is 11.8. The van der Waals surface area contributed by atoms with E-state index in [4.69, 9.17) is 14.2 Å². The molecule has 5 heterocycles. The molecule has 0 radical (unpaired) electrons. The largest absolute Gasteiger partial charge is 0.490 e. The number of hydrogen-bond acceptors (Lipinski definition) is 10. The van der Waals surface area contributed by atoms with Gasteiger partial charge < -0.3 is 29.1 Å². The van der Waals surface area contributed by atoms with Crippen LogP contribution in [0.15, 0.2) is 194 Å². The Labute approximate surface area is 510 Å². The Balaban J connectivity index is 0.000000174. The predicted molar refractivity (Wildman–Crippen MR) is 346 cm³/mol. The second-order valence-electron chi connectivity index (χ2n) is 23.3. The van der Waals surface area contributed by atoms with Crippen LogP contribution in [-0.2, 0) is 40.0 Å². The van der Waals surface area contributed by atoms with E-state index in [2.05, 4.69) is 146 Å². The summed E-state index contributed by atoms with van der Waals surface area (Å²) in [4.78, 5) is 42.2. The fourth-order valence-corrected chi connectivity index (χ4v) is 11.8. The Morgan fingerprint density at radius 1 is 0.523 bits per heavy atom. The van der Waals surface area contributed by atoms with Gasteiger partial charge in [-0.3, -0.25) is 29.8 Å². The summed E-state index contributed by atoms with van der Waals surface area (Å²) in [6.07, 6.45) is 19.5. The minimum Gasteiger partial charge on any atom is -0.490 e. The van der Waals surface area contributed by atoms with Gasteiger partial charge in [0.2, 0.25) is 11.8 Å². The number of ether oxygens (including phenoxy) is 3. The molecule has 0 aliphatic carbocycles. The van der Waals surface area contributed by atoms with E-state index < -0.39 is 6.10 Å². The van der Waals surface area contributed by atoms with Crippen LogP contribution >= 0.6 is 0 Å². The van der Waals surface area contributed by atoms with Crippen LogP contribution in [0.25, 0.3) is 21.8 Å². The van der Waals surface area contributed by atoms with Gasteiger partial charge >= 0.3 is 0 Å². The lowest BCUT2D eigenvalue weighted by molar-refractivity contribution is -0.138. The van der Waals surface area contributed by atoms with E-state index in [1.165, 1.54) is 22.3 Å². The van der Waals surface area contributed by atoms with Crippen LogP contribution in [0.3, 0.4) is 0 Å². The number of carbonyl (C=O) groups excluding carboxylic acids is 2. The zero-order valence-corrected chi connectivity index (χ0v) is 50.4. The standard InChI is InChI=1S/C37H45N3O3.C25H34N2O.C12H11NO2/c41-33(28-43-36-23-11-22-35-34(36)21-12-24-38-35)27-39-25-7-8-26-40(29-39)37(42)32(19-9-17-30-13-3-1-4-14-30)20-10-18-31-15-5-2-6-16-31;28-25(27-20-8-7-19-26-21-27)24(17-9-15-22-11-3-1-4-12-22)18-10-16-23-13-5-2-6-14-23;1-4-11-10(3-2-6-13-11)12(5-1)15-8-9-7-14-9/h1-6,11-16,21-24,32-33,41H,7-10,17-20,25-29H2;1-6,11-14,24,26H,7-10,15-21H2;1-6,9H,7-8H2/t33-;;9-/m1.1/s1. The van der Waals surface area contributed by atoms with Gasteiger partial charge in [0, 0.05) is 54.6 Å². The number of pyridine rings is 2. The molecule has 0 saturated carbocycles. The summed E-state index contributed by atoms with van der Waals surface area (Å²) in [6, 6.07) is 61.9. The van der Waals surface area contributed by atoms with E-state index in [0.717, 1.165) is 169 Å². The lowest BCUT2D eigenvalue weighted by Gasteiger charge is -2.31. The summed E-state index contributed by atoms with van der Waals surface area (Å²) in [7, 11) is 0. The topological polar surface area (TPSA) is 133 Å². The number of epoxide rings is 1. The fraction of sp³-hybridized carbons (Fsp3) is 0.405. The first-order chi connectivity index (χ1) is 42.4. The van der Waals surface area contributed by atoms with E-state index in [9.17, 15) is 14.7 Å². The number of aryl methyl sites for hydroxylation is 4. The number of carbonyl (C=O) groups is 2. The third kappa shape index (κ3) is 21.2. The van der Waals surface area contributed by atoms with E-state index in [0.29, 0.717) is 32.4 Å². The molecule has 452 valence electrons. The molecular formula is C74H90N6O6. The number of β-amino-alcohol motifs (C(OH)–C–C–N with tert-alkyl or cyclic N) is 1. The van der Waals surface area contributed by atoms with Crippen molar-refractivity contribution in [3.8, 4) is 11.5 Å². The minimum atomic E-state index is -0.658. The Kier molecular flexibility index (Phi) is 25.8. The van der Waals surface area contributed by atoms with E-state index in [-0.39, 0.29) is 30.5 Å². The summed E-state index contributed by atoms with van der Waals surface area (Å²) in [6.45, 7) is 6.96. The molecule has 11 rings (SSSR count). The molecule has 3 saturated heterocycles. The molecule has 6 aromatic carbocycles. The number of aromatic nitrogens is 2. The SMILES string of the molecule is O=C(C(CCCc1ccccc1)CCCc1ccccc1)N1CCCCN(C[C@@H](O)COc2cccc3ncccc23)C1.O=C(C(CCCc1ccccc1)CCCc1ccccc1)N1CCCCNC1.c1cc(OC[C@H]2CO2)c2cccnc2c1. The molecule has 12 heteroatoms. The molecule has 2 N–H and O–H groups in total. The van der Waals surface area contributed by atoms with Crippen molar-refractivity contribution in [2.75, 3.05) is 65.9 Å². The van der Waals surface area contributed by atoms with Crippen molar-refractivity contribution in [3.63, 3.8) is 0 Å². The van der Waals surface area contributed by atoms with Crippen molar-refractivity contribution < 1.29 is 28.9 Å². The Bertz CT molecular complexity index is 3100. The molecule has 0 unspecified atom stereocenters. The molecule has 2 atom stereocenters. The highest BCUT2D eigenvalue weighted by Crippen LogP contribution is 2.28. The zero-order valence-electron chi connectivity index (χ0n) is 50.4. The van der Waals surface area contributed by atoms with E-state index in [1.54, 1.807) is 12.4 Å². The van der Waals surface area contributed by atoms with Crippen LogP contribution in [0.2, 0.25) is 0 Å².